The highest BCUT2D eigenvalue weighted by Crippen LogP contribution is 2.51. The Labute approximate surface area is 141 Å². The molecule has 2 N–H and O–H groups in total. The van der Waals surface area contributed by atoms with Gasteiger partial charge in [0.25, 0.3) is 5.91 Å². The van der Waals surface area contributed by atoms with E-state index in [1.165, 1.54) is 0 Å². The van der Waals surface area contributed by atoms with Gasteiger partial charge in [-0.25, -0.2) is 0 Å². The summed E-state index contributed by atoms with van der Waals surface area (Å²) < 4.78 is 5.80. The third-order valence-electron chi connectivity index (χ3n) is 5.91. The van der Waals surface area contributed by atoms with Crippen LogP contribution in [0.1, 0.15) is 36.5 Å². The smallest absolute Gasteiger partial charge is 0.256 e. The number of hydrogen-bond acceptors (Lipinski definition) is 3. The first-order chi connectivity index (χ1) is 11.7. The Bertz CT molecular complexity index is 744. The molecule has 2 unspecified atom stereocenters. The Morgan fingerprint density at radius 3 is 2.83 bits per heavy atom. The Balaban J connectivity index is 1.49. The van der Waals surface area contributed by atoms with Crippen LogP contribution in [0.5, 0.6) is 0 Å². The normalized spacial score (nSPS) is 25.8. The number of piperidine rings is 1. The third-order valence-corrected chi connectivity index (χ3v) is 5.91. The molecule has 2 fully saturated rings. The predicted octanol–water partition coefficient (Wildman–Crippen LogP) is 2.56. The van der Waals surface area contributed by atoms with Gasteiger partial charge in [0.2, 0.25) is 0 Å². The van der Waals surface area contributed by atoms with E-state index >= 15 is 0 Å². The molecule has 2 aromatic rings. The molecule has 128 valence electrons. The van der Waals surface area contributed by atoms with Gasteiger partial charge in [0.05, 0.1) is 17.8 Å². The number of aliphatic hydroxyl groups is 1. The Hall–Kier alpha value is -1.85. The molecule has 0 radical (unpaired) electrons. The number of likely N-dealkylation sites (tertiary alicyclic amines) is 1. The summed E-state index contributed by atoms with van der Waals surface area (Å²) in [5.74, 6) is 0.0732. The number of H-pyrrole nitrogens is 1. The number of carbonyl (C=O) groups is 1. The van der Waals surface area contributed by atoms with Gasteiger partial charge >= 0.3 is 0 Å². The molecule has 1 spiro atoms. The number of rotatable bonds is 3. The van der Waals surface area contributed by atoms with Gasteiger partial charge in [-0.15, -0.1) is 0 Å². The standard InChI is InChI=1S/C19H24N2O3/c1-2-24-17-11-16(22)19(17)7-9-21(10-8-19)18(23)14-12-20-15-6-4-3-5-13(14)15/h3-6,12,16-17,20,22H,2,7-11H2,1H3. The molecule has 1 aliphatic heterocycles. The molecule has 1 saturated heterocycles. The van der Waals surface area contributed by atoms with Crippen molar-refractivity contribution in [1.82, 2.24) is 9.88 Å². The van der Waals surface area contributed by atoms with Gasteiger partial charge in [0, 0.05) is 48.6 Å². The van der Waals surface area contributed by atoms with E-state index < -0.39 is 0 Å². The maximum Gasteiger partial charge on any atom is 0.256 e. The van der Waals surface area contributed by atoms with Crippen LogP contribution in [0.25, 0.3) is 10.9 Å². The van der Waals surface area contributed by atoms with E-state index in [9.17, 15) is 9.90 Å². The second kappa shape index (κ2) is 5.90. The summed E-state index contributed by atoms with van der Waals surface area (Å²) in [6, 6.07) is 7.87. The summed E-state index contributed by atoms with van der Waals surface area (Å²) in [7, 11) is 0. The van der Waals surface area contributed by atoms with Crippen LogP contribution in [-0.2, 0) is 4.74 Å². The Kier molecular flexibility index (Phi) is 3.85. The zero-order valence-corrected chi connectivity index (χ0v) is 14.0. The quantitative estimate of drug-likeness (QED) is 0.910. The van der Waals surface area contributed by atoms with Crippen molar-refractivity contribution < 1.29 is 14.6 Å². The van der Waals surface area contributed by atoms with Crippen LogP contribution >= 0.6 is 0 Å². The number of nitrogens with zero attached hydrogens (tertiary/aromatic N) is 1. The van der Waals surface area contributed by atoms with Crippen molar-refractivity contribution in [2.24, 2.45) is 5.41 Å². The van der Waals surface area contributed by atoms with Gasteiger partial charge in [-0.05, 0) is 25.8 Å². The van der Waals surface area contributed by atoms with E-state index in [4.69, 9.17) is 4.74 Å². The van der Waals surface area contributed by atoms with Gasteiger partial charge in [-0.2, -0.15) is 0 Å². The lowest BCUT2D eigenvalue weighted by Gasteiger charge is -2.56. The number of benzene rings is 1. The van der Waals surface area contributed by atoms with Crippen molar-refractivity contribution in [3.8, 4) is 0 Å². The molecule has 1 aliphatic carbocycles. The van der Waals surface area contributed by atoms with Gasteiger partial charge in [-0.1, -0.05) is 18.2 Å². The number of aliphatic hydroxyl groups excluding tert-OH is 1. The maximum absolute atomic E-state index is 12.9. The molecule has 2 atom stereocenters. The second-order valence-electron chi connectivity index (χ2n) is 6.97. The molecule has 0 bridgehead atoms. The third kappa shape index (κ3) is 2.26. The molecule has 2 aliphatic rings. The molecular weight excluding hydrogens is 304 g/mol. The lowest BCUT2D eigenvalue weighted by molar-refractivity contribution is -0.207. The number of para-hydroxylation sites is 1. The van der Waals surface area contributed by atoms with Crippen LogP contribution in [-0.4, -0.2) is 52.8 Å². The minimum atomic E-state index is -0.292. The van der Waals surface area contributed by atoms with Crippen molar-refractivity contribution in [3.63, 3.8) is 0 Å². The average Bonchev–Trinajstić information content (AvgIpc) is 3.05. The Morgan fingerprint density at radius 1 is 1.38 bits per heavy atom. The van der Waals surface area contributed by atoms with Crippen LogP contribution in [0.15, 0.2) is 30.5 Å². The molecule has 1 aromatic carbocycles. The number of carbonyl (C=O) groups excluding carboxylic acids is 1. The summed E-state index contributed by atoms with van der Waals surface area (Å²) in [5, 5.41) is 11.3. The second-order valence-corrected chi connectivity index (χ2v) is 6.97. The van der Waals surface area contributed by atoms with Crippen molar-refractivity contribution in [2.75, 3.05) is 19.7 Å². The fourth-order valence-corrected chi connectivity index (χ4v) is 4.36. The van der Waals surface area contributed by atoms with Gasteiger partial charge in [-0.3, -0.25) is 4.79 Å². The van der Waals surface area contributed by atoms with Crippen LogP contribution in [0.2, 0.25) is 0 Å². The lowest BCUT2D eigenvalue weighted by atomic mass is 9.58. The highest BCUT2D eigenvalue weighted by Gasteiger charge is 2.56. The zero-order chi connectivity index (χ0) is 16.7. The first-order valence-corrected chi connectivity index (χ1v) is 8.81. The van der Waals surface area contributed by atoms with Crippen LogP contribution in [0.4, 0.5) is 0 Å². The summed E-state index contributed by atoms with van der Waals surface area (Å²) in [6.07, 6.45) is 4.00. The number of ether oxygens (including phenoxy) is 1. The molecule has 4 rings (SSSR count). The number of aromatic nitrogens is 1. The first-order valence-electron chi connectivity index (χ1n) is 8.81. The highest BCUT2D eigenvalue weighted by atomic mass is 16.5. The molecule has 24 heavy (non-hydrogen) atoms. The number of aromatic amines is 1. The van der Waals surface area contributed by atoms with Crippen molar-refractivity contribution in [1.29, 1.82) is 0 Å². The molecule has 2 heterocycles. The Morgan fingerprint density at radius 2 is 2.12 bits per heavy atom. The lowest BCUT2D eigenvalue weighted by Crippen LogP contribution is -2.62. The number of amides is 1. The topological polar surface area (TPSA) is 65.6 Å². The fraction of sp³-hybridized carbons (Fsp3) is 0.526. The maximum atomic E-state index is 12.9. The monoisotopic (exact) mass is 328 g/mol. The molecule has 1 aromatic heterocycles. The number of fused-ring (bicyclic) bond motifs is 1. The van der Waals surface area contributed by atoms with E-state index in [2.05, 4.69) is 4.98 Å². The van der Waals surface area contributed by atoms with Crippen molar-refractivity contribution in [3.05, 3.63) is 36.0 Å². The summed E-state index contributed by atoms with van der Waals surface area (Å²) in [6.45, 7) is 4.03. The molecule has 5 heteroatoms. The van der Waals surface area contributed by atoms with Crippen molar-refractivity contribution in [2.45, 2.75) is 38.4 Å². The van der Waals surface area contributed by atoms with Crippen LogP contribution < -0.4 is 0 Å². The van der Waals surface area contributed by atoms with E-state index in [0.29, 0.717) is 19.7 Å². The van der Waals surface area contributed by atoms with Gasteiger partial charge in [0.1, 0.15) is 0 Å². The van der Waals surface area contributed by atoms with E-state index in [1.54, 1.807) is 6.20 Å². The van der Waals surface area contributed by atoms with E-state index in [0.717, 1.165) is 35.7 Å². The largest absolute Gasteiger partial charge is 0.392 e. The SMILES string of the molecule is CCOC1CC(O)C12CCN(C(=O)c1c[nH]c3ccccc13)CC2. The van der Waals surface area contributed by atoms with E-state index in [1.807, 2.05) is 36.1 Å². The molecule has 1 saturated carbocycles. The summed E-state index contributed by atoms with van der Waals surface area (Å²) in [4.78, 5) is 18.0. The minimum Gasteiger partial charge on any atom is -0.392 e. The fourth-order valence-electron chi connectivity index (χ4n) is 4.36. The molecule has 5 nitrogen and oxygen atoms in total. The molecule has 1 amide bonds. The minimum absolute atomic E-state index is 0.0732. The molecular formula is C19H24N2O3. The highest BCUT2D eigenvalue weighted by molar-refractivity contribution is 6.06. The van der Waals surface area contributed by atoms with Crippen molar-refractivity contribution >= 4 is 16.8 Å². The zero-order valence-electron chi connectivity index (χ0n) is 14.0. The summed E-state index contributed by atoms with van der Waals surface area (Å²) >= 11 is 0. The van der Waals surface area contributed by atoms with Crippen LogP contribution in [0.3, 0.4) is 0 Å². The summed E-state index contributed by atoms with van der Waals surface area (Å²) in [5.41, 5.74) is 1.57. The average molecular weight is 328 g/mol. The first kappa shape index (κ1) is 15.7. The van der Waals surface area contributed by atoms with Gasteiger partial charge in [0.15, 0.2) is 0 Å². The van der Waals surface area contributed by atoms with E-state index in [-0.39, 0.29) is 23.5 Å². The number of hydrogen-bond donors (Lipinski definition) is 2. The predicted molar refractivity (Wildman–Crippen MR) is 91.9 cm³/mol. The van der Waals surface area contributed by atoms with Gasteiger partial charge < -0.3 is 19.7 Å². The number of nitrogens with one attached hydrogen (secondary N) is 1. The van der Waals surface area contributed by atoms with Crippen LogP contribution in [0, 0.1) is 5.41 Å².